The molecule has 0 saturated carbocycles. The highest BCUT2D eigenvalue weighted by Crippen LogP contribution is 2.20. The maximum Gasteiger partial charge on any atom is 0.404 e. The molecule has 1 amide bonds. The van der Waals surface area contributed by atoms with E-state index in [0.717, 1.165) is 0 Å². The highest BCUT2D eigenvalue weighted by Gasteiger charge is 2.09. The first kappa shape index (κ1) is 18.2. The molecule has 20 heavy (non-hydrogen) atoms. The number of nitrogens with one attached hydrogen (secondary N) is 1. The first-order valence-corrected chi connectivity index (χ1v) is 6.27. The molecule has 0 fully saturated rings. The monoisotopic (exact) mass is 287 g/mol. The summed E-state index contributed by atoms with van der Waals surface area (Å²) in [6.07, 6.45) is 0.0960. The molecule has 5 nitrogen and oxygen atoms in total. The lowest BCUT2D eigenvalue weighted by Crippen LogP contribution is -2.25. The van der Waals surface area contributed by atoms with Crippen LogP contribution in [0.15, 0.2) is 36.4 Å². The quantitative estimate of drug-likeness (QED) is 0.368. The van der Waals surface area contributed by atoms with Gasteiger partial charge in [0.2, 0.25) is 0 Å². The highest BCUT2D eigenvalue weighted by atomic mass is 19.1. The molecule has 0 spiro atoms. The SMILES string of the molecule is C=C(F)/C=C(/OCCOCCNC(=O)O)C(=C)C(C)C. The second kappa shape index (κ2) is 10.0. The van der Waals surface area contributed by atoms with E-state index in [2.05, 4.69) is 18.5 Å². The van der Waals surface area contributed by atoms with Gasteiger partial charge in [0.15, 0.2) is 0 Å². The van der Waals surface area contributed by atoms with Gasteiger partial charge in [-0.05, 0) is 11.5 Å². The van der Waals surface area contributed by atoms with Crippen LogP contribution < -0.4 is 5.32 Å². The molecular weight excluding hydrogens is 265 g/mol. The number of ether oxygens (including phenoxy) is 2. The van der Waals surface area contributed by atoms with Crippen molar-refractivity contribution in [3.8, 4) is 0 Å². The number of hydrogen-bond acceptors (Lipinski definition) is 3. The Balaban J connectivity index is 4.01. The third kappa shape index (κ3) is 9.16. The topological polar surface area (TPSA) is 67.8 Å². The van der Waals surface area contributed by atoms with Crippen LogP contribution in [0.3, 0.4) is 0 Å². The van der Waals surface area contributed by atoms with Crippen LogP contribution in [-0.2, 0) is 9.47 Å². The van der Waals surface area contributed by atoms with Crippen molar-refractivity contribution in [3.05, 3.63) is 36.4 Å². The molecule has 2 N–H and O–H groups in total. The number of rotatable bonds is 10. The van der Waals surface area contributed by atoms with Gasteiger partial charge in [0.1, 0.15) is 18.2 Å². The fourth-order valence-corrected chi connectivity index (χ4v) is 1.20. The van der Waals surface area contributed by atoms with E-state index in [1.165, 1.54) is 6.08 Å². The summed E-state index contributed by atoms with van der Waals surface area (Å²) >= 11 is 0. The molecule has 6 heteroatoms. The molecule has 0 aliphatic rings. The van der Waals surface area contributed by atoms with Crippen LogP contribution in [0.5, 0.6) is 0 Å². The summed E-state index contributed by atoms with van der Waals surface area (Å²) < 4.78 is 23.4. The molecule has 0 radical (unpaired) electrons. The summed E-state index contributed by atoms with van der Waals surface area (Å²) in [6, 6.07) is 0. The van der Waals surface area contributed by atoms with Crippen molar-refractivity contribution in [2.24, 2.45) is 5.92 Å². The van der Waals surface area contributed by atoms with E-state index < -0.39 is 11.9 Å². The predicted molar refractivity (Wildman–Crippen MR) is 75.1 cm³/mol. The molecule has 0 atom stereocenters. The van der Waals surface area contributed by atoms with Gasteiger partial charge in [-0.1, -0.05) is 27.0 Å². The van der Waals surface area contributed by atoms with Gasteiger partial charge in [-0.2, -0.15) is 0 Å². The summed E-state index contributed by atoms with van der Waals surface area (Å²) in [5, 5.41) is 10.5. The standard InChI is InChI=1S/C14H22FNO4/c1-10(2)12(4)13(9-11(3)15)20-8-7-19-6-5-16-14(17)18/h9-10,16H,3-8H2,1-2H3,(H,17,18)/b13-9+. The highest BCUT2D eigenvalue weighted by molar-refractivity contribution is 5.64. The van der Waals surface area contributed by atoms with Crippen LogP contribution in [0.25, 0.3) is 0 Å². The number of hydrogen-bond donors (Lipinski definition) is 2. The molecule has 0 bridgehead atoms. The summed E-state index contributed by atoms with van der Waals surface area (Å²) in [6.45, 7) is 11.8. The summed E-state index contributed by atoms with van der Waals surface area (Å²) in [7, 11) is 0. The molecule has 0 rings (SSSR count). The van der Waals surface area contributed by atoms with E-state index in [9.17, 15) is 9.18 Å². The molecular formula is C14H22FNO4. The van der Waals surface area contributed by atoms with Crippen LogP contribution in [0, 0.1) is 5.92 Å². The number of carbonyl (C=O) groups is 1. The lowest BCUT2D eigenvalue weighted by Gasteiger charge is -2.15. The molecule has 0 aromatic rings. The fourth-order valence-electron chi connectivity index (χ4n) is 1.20. The second-order valence-electron chi connectivity index (χ2n) is 4.33. The molecule has 0 heterocycles. The van der Waals surface area contributed by atoms with Gasteiger partial charge >= 0.3 is 6.09 Å². The number of allylic oxidation sites excluding steroid dienone is 3. The Morgan fingerprint density at radius 2 is 2.00 bits per heavy atom. The smallest absolute Gasteiger partial charge is 0.404 e. The second-order valence-corrected chi connectivity index (χ2v) is 4.33. The number of carboxylic acid groups (broad SMARTS) is 1. The van der Waals surface area contributed by atoms with Crippen molar-refractivity contribution in [2.75, 3.05) is 26.4 Å². The van der Waals surface area contributed by atoms with Crippen LogP contribution in [0.4, 0.5) is 9.18 Å². The first-order valence-electron chi connectivity index (χ1n) is 6.27. The van der Waals surface area contributed by atoms with Gasteiger partial charge in [-0.3, -0.25) is 0 Å². The Kier molecular flexibility index (Phi) is 9.11. The number of amides is 1. The molecule has 0 aliphatic carbocycles. The lowest BCUT2D eigenvalue weighted by molar-refractivity contribution is 0.0780. The van der Waals surface area contributed by atoms with Gasteiger partial charge in [-0.15, -0.1) is 0 Å². The summed E-state index contributed by atoms with van der Waals surface area (Å²) in [5.41, 5.74) is 0.677. The van der Waals surface area contributed by atoms with Crippen LogP contribution in [0.2, 0.25) is 0 Å². The Labute approximate surface area is 118 Å². The fraction of sp³-hybridized carbons (Fsp3) is 0.500. The van der Waals surface area contributed by atoms with Gasteiger partial charge in [0.25, 0.3) is 0 Å². The Morgan fingerprint density at radius 1 is 1.35 bits per heavy atom. The summed E-state index contributed by atoms with van der Waals surface area (Å²) in [4.78, 5) is 10.2. The van der Waals surface area contributed by atoms with Gasteiger partial charge in [0, 0.05) is 12.6 Å². The minimum absolute atomic E-state index is 0.126. The van der Waals surface area contributed by atoms with E-state index in [0.29, 0.717) is 11.3 Å². The predicted octanol–water partition coefficient (Wildman–Crippen LogP) is 2.87. The van der Waals surface area contributed by atoms with Crippen molar-refractivity contribution in [1.82, 2.24) is 5.32 Å². The van der Waals surface area contributed by atoms with E-state index in [4.69, 9.17) is 14.6 Å². The third-order valence-corrected chi connectivity index (χ3v) is 2.31. The maximum atomic E-state index is 12.8. The van der Waals surface area contributed by atoms with Crippen LogP contribution in [-0.4, -0.2) is 37.6 Å². The van der Waals surface area contributed by atoms with Crippen LogP contribution >= 0.6 is 0 Å². The number of halogens is 1. The lowest BCUT2D eigenvalue weighted by atomic mass is 10.0. The Morgan fingerprint density at radius 3 is 2.50 bits per heavy atom. The molecule has 0 aromatic heterocycles. The normalized spacial score (nSPS) is 11.3. The average molecular weight is 287 g/mol. The van der Waals surface area contributed by atoms with Gasteiger partial charge < -0.3 is 19.9 Å². The molecule has 0 aliphatic heterocycles. The van der Waals surface area contributed by atoms with E-state index in [1.807, 2.05) is 13.8 Å². The summed E-state index contributed by atoms with van der Waals surface area (Å²) in [5.74, 6) is -0.130. The van der Waals surface area contributed by atoms with Gasteiger partial charge in [0.05, 0.1) is 13.2 Å². The maximum absolute atomic E-state index is 12.8. The van der Waals surface area contributed by atoms with Crippen molar-refractivity contribution in [2.45, 2.75) is 13.8 Å². The van der Waals surface area contributed by atoms with Crippen molar-refractivity contribution in [1.29, 1.82) is 0 Å². The zero-order chi connectivity index (χ0) is 15.5. The van der Waals surface area contributed by atoms with E-state index in [-0.39, 0.29) is 32.3 Å². The molecule has 0 aromatic carbocycles. The molecule has 114 valence electrons. The molecule has 0 unspecified atom stereocenters. The zero-order valence-electron chi connectivity index (χ0n) is 11.9. The minimum atomic E-state index is -1.09. The van der Waals surface area contributed by atoms with Crippen molar-refractivity contribution >= 4 is 6.09 Å². The van der Waals surface area contributed by atoms with Gasteiger partial charge in [-0.25, -0.2) is 9.18 Å². The Hall–Kier alpha value is -1.82. The first-order chi connectivity index (χ1) is 9.34. The van der Waals surface area contributed by atoms with E-state index in [1.54, 1.807) is 0 Å². The van der Waals surface area contributed by atoms with E-state index >= 15 is 0 Å². The minimum Gasteiger partial charge on any atom is -0.491 e. The average Bonchev–Trinajstić information content (AvgIpc) is 2.34. The molecule has 0 saturated heterocycles. The Bertz CT molecular complexity index is 377. The van der Waals surface area contributed by atoms with Crippen molar-refractivity contribution < 1.29 is 23.8 Å². The zero-order valence-corrected chi connectivity index (χ0v) is 11.9. The van der Waals surface area contributed by atoms with Crippen molar-refractivity contribution in [3.63, 3.8) is 0 Å². The largest absolute Gasteiger partial charge is 0.491 e. The van der Waals surface area contributed by atoms with Crippen LogP contribution in [0.1, 0.15) is 13.8 Å². The third-order valence-electron chi connectivity index (χ3n) is 2.31.